The van der Waals surface area contributed by atoms with E-state index in [0.29, 0.717) is 5.92 Å². The normalized spacial score (nSPS) is 12.7. The van der Waals surface area contributed by atoms with E-state index in [1.165, 1.54) is 30.4 Å². The summed E-state index contributed by atoms with van der Waals surface area (Å²) in [7, 11) is 2.02. The van der Waals surface area contributed by atoms with Crippen molar-refractivity contribution in [1.29, 1.82) is 0 Å². The standard InChI is InChI=1S/C14H23N/c1-4-6-13-7-5-8-14(10-13)9-12(2)11-15-3/h5,7-8,10,12,15H,4,6,9,11H2,1-3H3. The molecule has 0 radical (unpaired) electrons. The Morgan fingerprint density at radius 3 is 2.67 bits per heavy atom. The van der Waals surface area contributed by atoms with E-state index in [1.54, 1.807) is 0 Å². The van der Waals surface area contributed by atoms with Gasteiger partial charge in [0, 0.05) is 0 Å². The van der Waals surface area contributed by atoms with E-state index < -0.39 is 0 Å². The van der Waals surface area contributed by atoms with Crippen LogP contribution in [0, 0.1) is 5.92 Å². The Bertz CT molecular complexity index is 280. The van der Waals surface area contributed by atoms with Gasteiger partial charge < -0.3 is 5.32 Å². The molecule has 1 atom stereocenters. The third kappa shape index (κ3) is 4.48. The summed E-state index contributed by atoms with van der Waals surface area (Å²) in [6.07, 6.45) is 3.61. The third-order valence-corrected chi connectivity index (χ3v) is 2.67. The molecule has 0 spiro atoms. The van der Waals surface area contributed by atoms with Gasteiger partial charge in [0.05, 0.1) is 0 Å². The molecule has 0 saturated carbocycles. The van der Waals surface area contributed by atoms with Gasteiger partial charge in [0.2, 0.25) is 0 Å². The van der Waals surface area contributed by atoms with Gasteiger partial charge in [-0.05, 0) is 43.5 Å². The van der Waals surface area contributed by atoms with Gasteiger partial charge in [-0.2, -0.15) is 0 Å². The summed E-state index contributed by atoms with van der Waals surface area (Å²) in [6, 6.07) is 9.02. The summed E-state index contributed by atoms with van der Waals surface area (Å²) in [4.78, 5) is 0. The topological polar surface area (TPSA) is 12.0 Å². The number of nitrogens with one attached hydrogen (secondary N) is 1. The van der Waals surface area contributed by atoms with Crippen molar-refractivity contribution in [1.82, 2.24) is 5.32 Å². The molecule has 15 heavy (non-hydrogen) atoms. The van der Waals surface area contributed by atoms with Crippen LogP contribution in [0.25, 0.3) is 0 Å². The Labute approximate surface area is 93.9 Å². The average molecular weight is 205 g/mol. The summed E-state index contributed by atoms with van der Waals surface area (Å²) in [5.74, 6) is 0.715. The molecule has 1 aromatic rings. The molecular formula is C14H23N. The van der Waals surface area contributed by atoms with Crippen molar-refractivity contribution in [2.75, 3.05) is 13.6 Å². The van der Waals surface area contributed by atoms with E-state index in [4.69, 9.17) is 0 Å². The van der Waals surface area contributed by atoms with Gasteiger partial charge in [-0.15, -0.1) is 0 Å². The van der Waals surface area contributed by atoms with Crippen LogP contribution >= 0.6 is 0 Å². The van der Waals surface area contributed by atoms with E-state index in [1.807, 2.05) is 7.05 Å². The zero-order valence-electron chi connectivity index (χ0n) is 10.2. The Morgan fingerprint density at radius 2 is 2.00 bits per heavy atom. The van der Waals surface area contributed by atoms with Crippen LogP contribution in [0.15, 0.2) is 24.3 Å². The SMILES string of the molecule is CCCc1cccc(CC(C)CNC)c1. The van der Waals surface area contributed by atoms with Gasteiger partial charge >= 0.3 is 0 Å². The molecule has 0 aliphatic carbocycles. The summed E-state index contributed by atoms with van der Waals surface area (Å²) >= 11 is 0. The minimum atomic E-state index is 0.715. The molecular weight excluding hydrogens is 182 g/mol. The molecule has 1 N–H and O–H groups in total. The number of hydrogen-bond donors (Lipinski definition) is 1. The number of rotatable bonds is 6. The first-order valence-electron chi connectivity index (χ1n) is 5.98. The summed E-state index contributed by atoms with van der Waals surface area (Å²) in [5, 5.41) is 3.23. The second-order valence-corrected chi connectivity index (χ2v) is 4.44. The predicted octanol–water partition coefficient (Wildman–Crippen LogP) is 3.04. The zero-order valence-corrected chi connectivity index (χ0v) is 10.2. The lowest BCUT2D eigenvalue weighted by molar-refractivity contribution is 0.541. The molecule has 0 aliphatic heterocycles. The summed E-state index contributed by atoms with van der Waals surface area (Å²) < 4.78 is 0. The molecule has 0 bridgehead atoms. The third-order valence-electron chi connectivity index (χ3n) is 2.67. The smallest absolute Gasteiger partial charge is 0.00230 e. The van der Waals surface area contributed by atoms with Crippen molar-refractivity contribution in [3.63, 3.8) is 0 Å². The number of benzene rings is 1. The van der Waals surface area contributed by atoms with Gasteiger partial charge in [-0.1, -0.05) is 44.5 Å². The van der Waals surface area contributed by atoms with Crippen LogP contribution in [0.3, 0.4) is 0 Å². The molecule has 1 unspecified atom stereocenters. The fraction of sp³-hybridized carbons (Fsp3) is 0.571. The van der Waals surface area contributed by atoms with Crippen LogP contribution < -0.4 is 5.32 Å². The lowest BCUT2D eigenvalue weighted by Crippen LogP contribution is -2.17. The zero-order chi connectivity index (χ0) is 11.1. The summed E-state index contributed by atoms with van der Waals surface area (Å²) in [5.41, 5.74) is 2.95. The fourth-order valence-corrected chi connectivity index (χ4v) is 2.02. The average Bonchev–Trinajstić information content (AvgIpc) is 2.19. The van der Waals surface area contributed by atoms with E-state index in [0.717, 1.165) is 6.54 Å². The van der Waals surface area contributed by atoms with Crippen molar-refractivity contribution in [3.05, 3.63) is 35.4 Å². The molecule has 0 amide bonds. The monoisotopic (exact) mass is 205 g/mol. The molecule has 1 aromatic carbocycles. The predicted molar refractivity (Wildman–Crippen MR) is 67.2 cm³/mol. The van der Waals surface area contributed by atoms with Gasteiger partial charge in [-0.3, -0.25) is 0 Å². The van der Waals surface area contributed by atoms with Gasteiger partial charge in [0.1, 0.15) is 0 Å². The molecule has 1 heteroatoms. The first-order valence-corrected chi connectivity index (χ1v) is 5.98. The lowest BCUT2D eigenvalue weighted by atomic mass is 9.98. The van der Waals surface area contributed by atoms with Crippen molar-refractivity contribution in [2.45, 2.75) is 33.1 Å². The highest BCUT2D eigenvalue weighted by molar-refractivity contribution is 5.23. The Balaban J connectivity index is 2.56. The fourth-order valence-electron chi connectivity index (χ4n) is 2.02. The van der Waals surface area contributed by atoms with Gasteiger partial charge in [-0.25, -0.2) is 0 Å². The maximum atomic E-state index is 3.23. The molecule has 0 heterocycles. The van der Waals surface area contributed by atoms with E-state index >= 15 is 0 Å². The molecule has 1 rings (SSSR count). The molecule has 0 aliphatic rings. The van der Waals surface area contributed by atoms with Gasteiger partial charge in [0.15, 0.2) is 0 Å². The number of aryl methyl sites for hydroxylation is 1. The Kier molecular flexibility index (Phi) is 5.41. The van der Waals surface area contributed by atoms with Crippen LogP contribution in [-0.4, -0.2) is 13.6 Å². The molecule has 0 saturated heterocycles. The van der Waals surface area contributed by atoms with Crippen molar-refractivity contribution < 1.29 is 0 Å². The second kappa shape index (κ2) is 6.62. The first kappa shape index (κ1) is 12.3. The van der Waals surface area contributed by atoms with E-state index in [9.17, 15) is 0 Å². The molecule has 0 aromatic heterocycles. The highest BCUT2D eigenvalue weighted by Gasteiger charge is 2.02. The van der Waals surface area contributed by atoms with Crippen LogP contribution in [0.4, 0.5) is 0 Å². The first-order chi connectivity index (χ1) is 7.26. The largest absolute Gasteiger partial charge is 0.319 e. The van der Waals surface area contributed by atoms with Crippen LogP contribution in [0.5, 0.6) is 0 Å². The highest BCUT2D eigenvalue weighted by Crippen LogP contribution is 2.11. The quantitative estimate of drug-likeness (QED) is 0.752. The van der Waals surface area contributed by atoms with E-state index in [2.05, 4.69) is 43.4 Å². The minimum Gasteiger partial charge on any atom is -0.319 e. The van der Waals surface area contributed by atoms with Crippen molar-refractivity contribution in [2.24, 2.45) is 5.92 Å². The summed E-state index contributed by atoms with van der Waals surface area (Å²) in [6.45, 7) is 5.62. The van der Waals surface area contributed by atoms with Crippen molar-refractivity contribution >= 4 is 0 Å². The van der Waals surface area contributed by atoms with Crippen molar-refractivity contribution in [3.8, 4) is 0 Å². The Hall–Kier alpha value is -0.820. The number of hydrogen-bond acceptors (Lipinski definition) is 1. The maximum absolute atomic E-state index is 3.23. The Morgan fingerprint density at radius 1 is 1.27 bits per heavy atom. The van der Waals surface area contributed by atoms with Crippen LogP contribution in [0.1, 0.15) is 31.4 Å². The minimum absolute atomic E-state index is 0.715. The van der Waals surface area contributed by atoms with Crippen LogP contribution in [-0.2, 0) is 12.8 Å². The molecule has 84 valence electrons. The van der Waals surface area contributed by atoms with E-state index in [-0.39, 0.29) is 0 Å². The van der Waals surface area contributed by atoms with Crippen LogP contribution in [0.2, 0.25) is 0 Å². The molecule has 0 fully saturated rings. The maximum Gasteiger partial charge on any atom is -0.00230 e. The molecule has 1 nitrogen and oxygen atoms in total. The lowest BCUT2D eigenvalue weighted by Gasteiger charge is -2.11. The van der Waals surface area contributed by atoms with Gasteiger partial charge in [0.25, 0.3) is 0 Å². The highest BCUT2D eigenvalue weighted by atomic mass is 14.8. The second-order valence-electron chi connectivity index (χ2n) is 4.44.